The molecular weight excluding hydrogens is 226 g/mol. The van der Waals surface area contributed by atoms with Crippen LogP contribution in [0.1, 0.15) is 18.4 Å². The van der Waals surface area contributed by atoms with Gasteiger partial charge in [0.15, 0.2) is 0 Å². The average molecular weight is 238 g/mol. The Balaban J connectivity index is 2.13. The highest BCUT2D eigenvalue weighted by Gasteiger charge is 2.01. The van der Waals surface area contributed by atoms with Crippen molar-refractivity contribution in [3.05, 3.63) is 9.47 Å². The van der Waals surface area contributed by atoms with E-state index >= 15 is 0 Å². The van der Waals surface area contributed by atoms with Crippen molar-refractivity contribution in [1.29, 1.82) is 0 Å². The lowest BCUT2D eigenvalue weighted by Crippen LogP contribution is -2.15. The summed E-state index contributed by atoms with van der Waals surface area (Å²) in [5.41, 5.74) is 5.62. The summed E-state index contributed by atoms with van der Waals surface area (Å²) in [7, 11) is 0. The largest absolute Gasteiger partial charge is 0.328 e. The van der Waals surface area contributed by atoms with Gasteiger partial charge in [-0.05, 0) is 30.7 Å². The quantitative estimate of drug-likeness (QED) is 0.798. The van der Waals surface area contributed by atoms with Gasteiger partial charge in [-0.3, -0.25) is 0 Å². The predicted octanol–water partition coefficient (Wildman–Crippen LogP) is 2.16. The van der Waals surface area contributed by atoms with Crippen LogP contribution < -0.4 is 5.73 Å². The average Bonchev–Trinajstić information content (AvgIpc) is 2.45. The number of nitrogens with zero attached hydrogens (tertiary/aromatic N) is 2. The van der Waals surface area contributed by atoms with Gasteiger partial charge in [-0.1, -0.05) is 11.3 Å². The van der Waals surface area contributed by atoms with Crippen molar-refractivity contribution in [2.45, 2.75) is 25.1 Å². The third-order valence-corrected chi connectivity index (χ3v) is 3.59. The Labute approximate surface area is 91.1 Å². The van der Waals surface area contributed by atoms with Gasteiger partial charge in [-0.25, -0.2) is 0 Å². The first-order valence-corrected chi connectivity index (χ1v) is 6.34. The second kappa shape index (κ2) is 5.80. The number of halogens is 1. The van der Waals surface area contributed by atoms with Gasteiger partial charge < -0.3 is 5.73 Å². The zero-order valence-corrected chi connectivity index (χ0v) is 9.75. The highest BCUT2D eigenvalue weighted by Crippen LogP contribution is 2.20. The lowest BCUT2D eigenvalue weighted by Gasteiger charge is -2.02. The van der Waals surface area contributed by atoms with Gasteiger partial charge in [-0.15, -0.1) is 10.2 Å². The topological polar surface area (TPSA) is 51.8 Å². The molecule has 6 heteroatoms. The van der Waals surface area contributed by atoms with E-state index in [1.165, 1.54) is 11.3 Å². The predicted molar refractivity (Wildman–Crippen MR) is 59.3 cm³/mol. The summed E-state index contributed by atoms with van der Waals surface area (Å²) in [5, 5.41) is 8.63. The van der Waals surface area contributed by atoms with Crippen molar-refractivity contribution in [1.82, 2.24) is 10.2 Å². The summed E-state index contributed by atoms with van der Waals surface area (Å²) >= 11 is 8.89. The molecule has 0 aliphatic heterocycles. The molecule has 74 valence electrons. The van der Waals surface area contributed by atoms with Gasteiger partial charge in [0.25, 0.3) is 0 Å². The minimum absolute atomic E-state index is 0.283. The maximum absolute atomic E-state index is 5.64. The Hall–Kier alpha value is 0.160. The lowest BCUT2D eigenvalue weighted by molar-refractivity contribution is 0.721. The zero-order chi connectivity index (χ0) is 9.68. The summed E-state index contributed by atoms with van der Waals surface area (Å²) in [5.74, 6) is 1.95. The normalized spacial score (nSPS) is 13.2. The molecule has 0 aliphatic carbocycles. The molecule has 0 saturated carbocycles. The van der Waals surface area contributed by atoms with Crippen LogP contribution in [0.3, 0.4) is 0 Å². The van der Waals surface area contributed by atoms with E-state index in [1.54, 1.807) is 0 Å². The Morgan fingerprint density at radius 3 is 2.92 bits per heavy atom. The molecule has 1 heterocycles. The molecule has 0 saturated heterocycles. The van der Waals surface area contributed by atoms with Crippen LogP contribution in [0.15, 0.2) is 0 Å². The fourth-order valence-corrected chi connectivity index (χ4v) is 2.78. The molecule has 2 N–H and O–H groups in total. The van der Waals surface area contributed by atoms with Crippen molar-refractivity contribution in [2.75, 3.05) is 5.75 Å². The van der Waals surface area contributed by atoms with Crippen LogP contribution in [0.2, 0.25) is 4.47 Å². The van der Waals surface area contributed by atoms with Crippen LogP contribution in [-0.2, 0) is 5.75 Å². The number of hydrogen-bond donors (Lipinski definition) is 1. The summed E-state index contributed by atoms with van der Waals surface area (Å²) in [6.45, 7) is 2.02. The maximum Gasteiger partial charge on any atom is 0.207 e. The van der Waals surface area contributed by atoms with Gasteiger partial charge in [0, 0.05) is 11.8 Å². The molecule has 1 unspecified atom stereocenters. The number of rotatable bonds is 5. The maximum atomic E-state index is 5.64. The summed E-state index contributed by atoms with van der Waals surface area (Å²) in [6.07, 6.45) is 1.04. The van der Waals surface area contributed by atoms with Crippen molar-refractivity contribution in [3.63, 3.8) is 0 Å². The lowest BCUT2D eigenvalue weighted by atomic mass is 10.3. The first-order chi connectivity index (χ1) is 6.18. The molecule has 0 radical (unpaired) electrons. The Morgan fingerprint density at radius 1 is 1.62 bits per heavy atom. The Morgan fingerprint density at radius 2 is 2.38 bits per heavy atom. The molecule has 1 atom stereocenters. The molecule has 13 heavy (non-hydrogen) atoms. The van der Waals surface area contributed by atoms with Gasteiger partial charge in [-0.2, -0.15) is 11.8 Å². The number of thioether (sulfide) groups is 1. The highest BCUT2D eigenvalue weighted by atomic mass is 35.5. The smallest absolute Gasteiger partial charge is 0.207 e. The minimum atomic E-state index is 0.283. The Kier molecular flexibility index (Phi) is 5.01. The van der Waals surface area contributed by atoms with Crippen molar-refractivity contribution in [2.24, 2.45) is 5.73 Å². The van der Waals surface area contributed by atoms with E-state index in [1.807, 2.05) is 18.7 Å². The fraction of sp³-hybridized carbons (Fsp3) is 0.714. The molecule has 1 rings (SSSR count). The molecule has 0 aromatic carbocycles. The first-order valence-electron chi connectivity index (χ1n) is 3.99. The van der Waals surface area contributed by atoms with E-state index in [2.05, 4.69) is 10.2 Å². The van der Waals surface area contributed by atoms with Gasteiger partial charge in [0.05, 0.1) is 0 Å². The molecule has 0 fully saturated rings. The van der Waals surface area contributed by atoms with E-state index in [-0.39, 0.29) is 6.04 Å². The van der Waals surface area contributed by atoms with Crippen LogP contribution in [0.25, 0.3) is 0 Å². The fourth-order valence-electron chi connectivity index (χ4n) is 0.720. The zero-order valence-electron chi connectivity index (χ0n) is 7.36. The minimum Gasteiger partial charge on any atom is -0.328 e. The van der Waals surface area contributed by atoms with Gasteiger partial charge >= 0.3 is 0 Å². The second-order valence-electron chi connectivity index (χ2n) is 2.77. The summed E-state index contributed by atoms with van der Waals surface area (Å²) < 4.78 is 0.516. The van der Waals surface area contributed by atoms with Crippen LogP contribution >= 0.6 is 34.7 Å². The molecule has 1 aromatic heterocycles. The van der Waals surface area contributed by atoms with E-state index in [0.29, 0.717) is 4.47 Å². The third kappa shape index (κ3) is 4.81. The molecule has 1 aromatic rings. The monoisotopic (exact) mass is 237 g/mol. The standard InChI is InChI=1S/C7H12ClN3S2/c1-5(9)2-3-12-4-6-10-11-7(8)13-6/h5H,2-4,9H2,1H3. The highest BCUT2D eigenvalue weighted by molar-refractivity contribution is 7.98. The van der Waals surface area contributed by atoms with Crippen LogP contribution in [-0.4, -0.2) is 22.0 Å². The SMILES string of the molecule is CC(N)CCSCc1nnc(Cl)s1. The van der Waals surface area contributed by atoms with Crippen LogP contribution in [0.4, 0.5) is 0 Å². The van der Waals surface area contributed by atoms with E-state index in [4.69, 9.17) is 17.3 Å². The van der Waals surface area contributed by atoms with E-state index < -0.39 is 0 Å². The molecule has 0 amide bonds. The molecule has 3 nitrogen and oxygen atoms in total. The van der Waals surface area contributed by atoms with Gasteiger partial charge in [0.1, 0.15) is 5.01 Å². The summed E-state index contributed by atoms with van der Waals surface area (Å²) in [6, 6.07) is 0.283. The molecule has 0 spiro atoms. The first kappa shape index (κ1) is 11.2. The van der Waals surface area contributed by atoms with Gasteiger partial charge in [0.2, 0.25) is 4.47 Å². The van der Waals surface area contributed by atoms with E-state index in [9.17, 15) is 0 Å². The third-order valence-electron chi connectivity index (χ3n) is 1.39. The van der Waals surface area contributed by atoms with E-state index in [0.717, 1.165) is 22.9 Å². The van der Waals surface area contributed by atoms with Crippen molar-refractivity contribution < 1.29 is 0 Å². The van der Waals surface area contributed by atoms with Crippen LogP contribution in [0, 0.1) is 0 Å². The molecule has 0 bridgehead atoms. The molecule has 0 aliphatic rings. The van der Waals surface area contributed by atoms with Crippen molar-refractivity contribution in [3.8, 4) is 0 Å². The number of hydrogen-bond acceptors (Lipinski definition) is 5. The van der Waals surface area contributed by atoms with Crippen LogP contribution in [0.5, 0.6) is 0 Å². The number of aromatic nitrogens is 2. The van der Waals surface area contributed by atoms with Crippen molar-refractivity contribution >= 4 is 34.7 Å². The number of nitrogens with two attached hydrogens (primary N) is 1. The second-order valence-corrected chi connectivity index (χ2v) is 5.52. The molecular formula is C7H12ClN3S2. The summed E-state index contributed by atoms with van der Waals surface area (Å²) in [4.78, 5) is 0. The Bertz CT molecular complexity index is 252.